The maximum atomic E-state index is 13.5. The zero-order valence-electron chi connectivity index (χ0n) is 8.77. The Morgan fingerprint density at radius 3 is 1.94 bits per heavy atom. The van der Waals surface area contributed by atoms with Gasteiger partial charge in [0.05, 0.1) is 5.56 Å². The minimum absolute atomic E-state index is 0.0997. The van der Waals surface area contributed by atoms with Crippen LogP contribution in [0.4, 0.5) is 17.6 Å². The van der Waals surface area contributed by atoms with Gasteiger partial charge in [0.25, 0.3) is 11.9 Å². The van der Waals surface area contributed by atoms with Crippen LogP contribution in [0.3, 0.4) is 0 Å². The topological polar surface area (TPSA) is 12.9 Å². The van der Waals surface area contributed by atoms with Crippen molar-refractivity contribution in [3.8, 4) is 11.1 Å². The van der Waals surface area contributed by atoms with Crippen molar-refractivity contribution >= 4 is 0 Å². The van der Waals surface area contributed by atoms with E-state index in [2.05, 4.69) is 4.98 Å². The van der Waals surface area contributed by atoms with Crippen molar-refractivity contribution in [3.05, 3.63) is 53.4 Å². The number of hydrogen-bond donors (Lipinski definition) is 0. The van der Waals surface area contributed by atoms with E-state index in [1.165, 1.54) is 12.1 Å². The van der Waals surface area contributed by atoms with Crippen LogP contribution in [0.5, 0.6) is 0 Å². The lowest BCUT2D eigenvalue weighted by molar-refractivity contribution is 0.410. The average Bonchev–Trinajstić information content (AvgIpc) is 2.29. The van der Waals surface area contributed by atoms with Gasteiger partial charge in [-0.15, -0.1) is 0 Å². The molecule has 0 atom stereocenters. The van der Waals surface area contributed by atoms with Gasteiger partial charge in [-0.2, -0.15) is 13.8 Å². The molecule has 0 bridgehead atoms. The molecule has 1 heterocycles. The highest BCUT2D eigenvalue weighted by Crippen LogP contribution is 2.30. The van der Waals surface area contributed by atoms with Crippen molar-refractivity contribution in [2.45, 2.75) is 6.92 Å². The zero-order chi connectivity index (χ0) is 12.6. The predicted octanol–water partition coefficient (Wildman–Crippen LogP) is 3.61. The molecule has 1 nitrogen and oxygen atoms in total. The quantitative estimate of drug-likeness (QED) is 0.549. The number of pyridine rings is 1. The molecule has 17 heavy (non-hydrogen) atoms. The highest BCUT2D eigenvalue weighted by atomic mass is 19.2. The Morgan fingerprint density at radius 2 is 1.41 bits per heavy atom. The number of aryl methyl sites for hydroxylation is 1. The summed E-state index contributed by atoms with van der Waals surface area (Å²) in [5.74, 6) is -6.28. The second kappa shape index (κ2) is 4.16. The molecule has 0 spiro atoms. The molecule has 88 valence electrons. The van der Waals surface area contributed by atoms with Crippen LogP contribution in [0, 0.1) is 30.5 Å². The van der Waals surface area contributed by atoms with E-state index in [9.17, 15) is 17.6 Å². The first-order valence-electron chi connectivity index (χ1n) is 4.78. The molecule has 0 saturated heterocycles. The van der Waals surface area contributed by atoms with Crippen molar-refractivity contribution in [3.63, 3.8) is 0 Å². The van der Waals surface area contributed by atoms with Crippen LogP contribution >= 0.6 is 0 Å². The van der Waals surface area contributed by atoms with Crippen molar-refractivity contribution < 1.29 is 17.6 Å². The molecule has 0 aliphatic rings. The average molecular weight is 241 g/mol. The van der Waals surface area contributed by atoms with E-state index in [4.69, 9.17) is 0 Å². The molecule has 0 aliphatic heterocycles. The molecule has 0 aliphatic carbocycles. The lowest BCUT2D eigenvalue weighted by Gasteiger charge is -2.08. The molecule has 0 radical (unpaired) electrons. The highest BCUT2D eigenvalue weighted by Gasteiger charge is 2.22. The number of benzene rings is 1. The van der Waals surface area contributed by atoms with E-state index in [-0.39, 0.29) is 5.56 Å². The molecule has 0 fully saturated rings. The van der Waals surface area contributed by atoms with Crippen molar-refractivity contribution in [1.29, 1.82) is 0 Å². The van der Waals surface area contributed by atoms with Crippen molar-refractivity contribution in [1.82, 2.24) is 4.98 Å². The van der Waals surface area contributed by atoms with Gasteiger partial charge in [0.1, 0.15) is 0 Å². The molecule has 0 unspecified atom stereocenters. The summed E-state index contributed by atoms with van der Waals surface area (Å²) in [5, 5.41) is 0. The zero-order valence-corrected chi connectivity index (χ0v) is 8.77. The molecule has 0 N–H and O–H groups in total. The lowest BCUT2D eigenvalue weighted by Crippen LogP contribution is -2.03. The summed E-state index contributed by atoms with van der Waals surface area (Å²) in [7, 11) is 0. The van der Waals surface area contributed by atoms with Gasteiger partial charge in [0.15, 0.2) is 11.6 Å². The van der Waals surface area contributed by atoms with Gasteiger partial charge in [-0.1, -0.05) is 24.3 Å². The first kappa shape index (κ1) is 11.6. The predicted molar refractivity (Wildman–Crippen MR) is 54.2 cm³/mol. The van der Waals surface area contributed by atoms with Crippen LogP contribution < -0.4 is 0 Å². The number of aromatic nitrogens is 1. The van der Waals surface area contributed by atoms with Crippen LogP contribution in [0.25, 0.3) is 11.1 Å². The van der Waals surface area contributed by atoms with Crippen LogP contribution in [-0.4, -0.2) is 4.98 Å². The van der Waals surface area contributed by atoms with Crippen LogP contribution in [0.15, 0.2) is 24.3 Å². The lowest BCUT2D eigenvalue weighted by atomic mass is 10.0. The standard InChI is InChI=1S/C12H7F4N/c1-6-4-2-3-5-7(6)8-9(13)11(15)17-12(16)10(8)14/h2-5H,1H3. The summed E-state index contributed by atoms with van der Waals surface area (Å²) in [6.07, 6.45) is 0. The summed E-state index contributed by atoms with van der Waals surface area (Å²) >= 11 is 0. The number of nitrogens with zero attached hydrogens (tertiary/aromatic N) is 1. The molecular weight excluding hydrogens is 234 g/mol. The summed E-state index contributed by atoms with van der Waals surface area (Å²) in [6, 6.07) is 6.15. The monoisotopic (exact) mass is 241 g/mol. The third kappa shape index (κ3) is 1.88. The van der Waals surface area contributed by atoms with Gasteiger partial charge in [0.2, 0.25) is 0 Å². The number of halogens is 4. The Labute approximate surface area is 94.7 Å². The molecule has 2 aromatic rings. The van der Waals surface area contributed by atoms with Gasteiger partial charge >= 0.3 is 0 Å². The molecule has 5 heteroatoms. The van der Waals surface area contributed by atoms with Gasteiger partial charge in [-0.25, -0.2) is 8.78 Å². The van der Waals surface area contributed by atoms with Crippen molar-refractivity contribution in [2.24, 2.45) is 0 Å². The Bertz CT molecular complexity index is 555. The van der Waals surface area contributed by atoms with Crippen molar-refractivity contribution in [2.75, 3.05) is 0 Å². The minimum Gasteiger partial charge on any atom is -0.201 e. The number of rotatable bonds is 1. The summed E-state index contributed by atoms with van der Waals surface area (Å²) in [5.41, 5.74) is -0.119. The maximum absolute atomic E-state index is 13.5. The van der Waals surface area contributed by atoms with E-state index in [0.717, 1.165) is 0 Å². The fraction of sp³-hybridized carbons (Fsp3) is 0.0833. The molecule has 1 aromatic heterocycles. The SMILES string of the molecule is Cc1ccccc1-c1c(F)c(F)nc(F)c1F. The van der Waals surface area contributed by atoms with Gasteiger partial charge in [-0.3, -0.25) is 0 Å². The highest BCUT2D eigenvalue weighted by molar-refractivity contribution is 5.68. The van der Waals surface area contributed by atoms with Crippen LogP contribution in [0.1, 0.15) is 5.56 Å². The Morgan fingerprint density at radius 1 is 0.882 bits per heavy atom. The van der Waals surface area contributed by atoms with E-state index < -0.39 is 29.1 Å². The van der Waals surface area contributed by atoms with E-state index in [1.54, 1.807) is 19.1 Å². The van der Waals surface area contributed by atoms with Crippen LogP contribution in [-0.2, 0) is 0 Å². The van der Waals surface area contributed by atoms with Crippen LogP contribution in [0.2, 0.25) is 0 Å². The number of hydrogen-bond acceptors (Lipinski definition) is 1. The van der Waals surface area contributed by atoms with E-state index in [0.29, 0.717) is 5.56 Å². The Kier molecular flexibility index (Phi) is 2.83. The minimum atomic E-state index is -1.65. The smallest absolute Gasteiger partial charge is 0.201 e. The third-order valence-electron chi connectivity index (χ3n) is 2.41. The normalized spacial score (nSPS) is 10.6. The summed E-state index contributed by atoms with van der Waals surface area (Å²) in [6.45, 7) is 1.59. The molecule has 0 amide bonds. The van der Waals surface area contributed by atoms with E-state index in [1.807, 2.05) is 0 Å². The second-order valence-electron chi connectivity index (χ2n) is 3.51. The molecular formula is C12H7F4N. The van der Waals surface area contributed by atoms with Gasteiger partial charge < -0.3 is 0 Å². The van der Waals surface area contributed by atoms with E-state index >= 15 is 0 Å². The Balaban J connectivity index is 2.80. The third-order valence-corrected chi connectivity index (χ3v) is 2.41. The fourth-order valence-corrected chi connectivity index (χ4v) is 1.58. The molecule has 1 aromatic carbocycles. The molecule has 2 rings (SSSR count). The Hall–Kier alpha value is -1.91. The summed E-state index contributed by atoms with van der Waals surface area (Å²) in [4.78, 5) is 2.51. The van der Waals surface area contributed by atoms with Gasteiger partial charge in [-0.05, 0) is 18.1 Å². The fourth-order valence-electron chi connectivity index (χ4n) is 1.58. The summed E-state index contributed by atoms with van der Waals surface area (Å²) < 4.78 is 52.8. The molecule has 0 saturated carbocycles. The largest absolute Gasteiger partial charge is 0.252 e. The maximum Gasteiger partial charge on any atom is 0.252 e. The van der Waals surface area contributed by atoms with Gasteiger partial charge in [0, 0.05) is 0 Å². The first-order valence-corrected chi connectivity index (χ1v) is 4.78. The first-order chi connectivity index (χ1) is 8.02. The second-order valence-corrected chi connectivity index (χ2v) is 3.51.